The Labute approximate surface area is 96.8 Å². The minimum Gasteiger partial charge on any atom is -0.308 e. The second kappa shape index (κ2) is 4.80. The van der Waals surface area contributed by atoms with Crippen molar-refractivity contribution in [1.82, 2.24) is 9.88 Å². The van der Waals surface area contributed by atoms with E-state index in [4.69, 9.17) is 5.84 Å². The quantitative estimate of drug-likeness (QED) is 0.598. The van der Waals surface area contributed by atoms with Crippen LogP contribution in [0.15, 0.2) is 18.3 Å². The summed E-state index contributed by atoms with van der Waals surface area (Å²) in [4.78, 5) is 6.60. The Morgan fingerprint density at radius 1 is 1.44 bits per heavy atom. The first-order chi connectivity index (χ1) is 7.69. The molecule has 4 heteroatoms. The van der Waals surface area contributed by atoms with E-state index in [9.17, 15) is 0 Å². The molecule has 0 amide bonds. The van der Waals surface area contributed by atoms with Crippen molar-refractivity contribution in [2.45, 2.75) is 20.4 Å². The maximum absolute atomic E-state index is 5.34. The maximum atomic E-state index is 5.34. The van der Waals surface area contributed by atoms with Crippen LogP contribution in [0.4, 0.5) is 5.82 Å². The van der Waals surface area contributed by atoms with E-state index in [1.54, 1.807) is 6.20 Å². The Bertz CT molecular complexity index is 343. The summed E-state index contributed by atoms with van der Waals surface area (Å²) in [5, 5.41) is 0. The zero-order valence-corrected chi connectivity index (χ0v) is 9.98. The van der Waals surface area contributed by atoms with E-state index < -0.39 is 0 Å². The van der Waals surface area contributed by atoms with Gasteiger partial charge in [0.15, 0.2) is 0 Å². The number of rotatable bonds is 3. The average Bonchev–Trinajstić information content (AvgIpc) is 2.58. The van der Waals surface area contributed by atoms with Gasteiger partial charge in [0, 0.05) is 25.8 Å². The number of hydrogen-bond acceptors (Lipinski definition) is 4. The molecular formula is C12H20N4. The molecule has 2 unspecified atom stereocenters. The Kier molecular flexibility index (Phi) is 3.41. The third-order valence-corrected chi connectivity index (χ3v) is 3.44. The van der Waals surface area contributed by atoms with Crippen LogP contribution in [0, 0.1) is 11.8 Å². The Morgan fingerprint density at radius 2 is 2.12 bits per heavy atom. The summed E-state index contributed by atoms with van der Waals surface area (Å²) in [7, 11) is 0. The molecule has 88 valence electrons. The van der Waals surface area contributed by atoms with Gasteiger partial charge in [0.1, 0.15) is 5.82 Å². The number of hydrogen-bond donors (Lipinski definition) is 2. The van der Waals surface area contributed by atoms with Crippen LogP contribution in [0.3, 0.4) is 0 Å². The van der Waals surface area contributed by atoms with Gasteiger partial charge in [-0.1, -0.05) is 13.8 Å². The molecule has 0 aliphatic carbocycles. The molecule has 3 N–H and O–H groups in total. The molecule has 1 fully saturated rings. The van der Waals surface area contributed by atoms with E-state index in [-0.39, 0.29) is 0 Å². The predicted molar refractivity (Wildman–Crippen MR) is 65.7 cm³/mol. The zero-order valence-electron chi connectivity index (χ0n) is 9.98. The second-order valence-electron chi connectivity index (χ2n) is 4.84. The first-order valence-corrected chi connectivity index (χ1v) is 5.83. The smallest absolute Gasteiger partial charge is 0.140 e. The highest BCUT2D eigenvalue weighted by molar-refractivity contribution is 5.35. The van der Waals surface area contributed by atoms with Gasteiger partial charge in [-0.3, -0.25) is 4.90 Å². The van der Waals surface area contributed by atoms with Gasteiger partial charge < -0.3 is 5.43 Å². The highest BCUT2D eigenvalue weighted by Crippen LogP contribution is 2.23. The third kappa shape index (κ3) is 2.51. The molecule has 0 radical (unpaired) electrons. The highest BCUT2D eigenvalue weighted by Gasteiger charge is 2.25. The summed E-state index contributed by atoms with van der Waals surface area (Å²) in [5.74, 6) is 7.68. The van der Waals surface area contributed by atoms with Crippen LogP contribution in [0.1, 0.15) is 19.4 Å². The van der Waals surface area contributed by atoms with Crippen LogP contribution < -0.4 is 11.3 Å². The number of nitrogen functional groups attached to an aromatic ring is 1. The molecule has 1 aromatic heterocycles. The Balaban J connectivity index is 1.99. The first kappa shape index (κ1) is 11.4. The normalized spacial score (nSPS) is 25.9. The molecule has 1 aliphatic rings. The first-order valence-electron chi connectivity index (χ1n) is 5.83. The van der Waals surface area contributed by atoms with Crippen LogP contribution >= 0.6 is 0 Å². The molecule has 2 heterocycles. The number of nitrogens with zero attached hydrogens (tertiary/aromatic N) is 2. The average molecular weight is 220 g/mol. The standard InChI is InChI=1S/C12H20N4/c1-9-6-16(7-10(9)2)8-11-3-4-14-12(5-11)15-13/h3-5,9-10H,6-8,13H2,1-2H3,(H,14,15). The topological polar surface area (TPSA) is 54.2 Å². The van der Waals surface area contributed by atoms with Crippen molar-refractivity contribution in [3.8, 4) is 0 Å². The lowest BCUT2D eigenvalue weighted by Gasteiger charge is -2.15. The van der Waals surface area contributed by atoms with Crippen molar-refractivity contribution in [3.63, 3.8) is 0 Å². The maximum Gasteiger partial charge on any atom is 0.140 e. The van der Waals surface area contributed by atoms with Gasteiger partial charge >= 0.3 is 0 Å². The van der Waals surface area contributed by atoms with E-state index in [1.807, 2.05) is 6.07 Å². The molecule has 2 atom stereocenters. The summed E-state index contributed by atoms with van der Waals surface area (Å²) in [5.41, 5.74) is 3.85. The lowest BCUT2D eigenvalue weighted by molar-refractivity contribution is 0.316. The molecule has 1 saturated heterocycles. The van der Waals surface area contributed by atoms with E-state index in [1.165, 1.54) is 18.7 Å². The van der Waals surface area contributed by atoms with Crippen molar-refractivity contribution in [2.24, 2.45) is 17.7 Å². The van der Waals surface area contributed by atoms with Gasteiger partial charge in [-0.15, -0.1) is 0 Å². The van der Waals surface area contributed by atoms with Crippen molar-refractivity contribution in [1.29, 1.82) is 0 Å². The van der Waals surface area contributed by atoms with Gasteiger partial charge in [-0.25, -0.2) is 10.8 Å². The molecule has 0 spiro atoms. The Hall–Kier alpha value is -1.13. The Morgan fingerprint density at radius 3 is 2.75 bits per heavy atom. The number of aromatic nitrogens is 1. The summed E-state index contributed by atoms with van der Waals surface area (Å²) >= 11 is 0. The van der Waals surface area contributed by atoms with Gasteiger partial charge in [0.2, 0.25) is 0 Å². The van der Waals surface area contributed by atoms with Gasteiger partial charge in [-0.05, 0) is 29.5 Å². The van der Waals surface area contributed by atoms with Crippen LogP contribution in [0.25, 0.3) is 0 Å². The van der Waals surface area contributed by atoms with Crippen molar-refractivity contribution in [3.05, 3.63) is 23.9 Å². The highest BCUT2D eigenvalue weighted by atomic mass is 15.2. The van der Waals surface area contributed by atoms with E-state index in [2.05, 4.69) is 35.2 Å². The molecule has 4 nitrogen and oxygen atoms in total. The number of likely N-dealkylation sites (tertiary alicyclic amines) is 1. The fourth-order valence-corrected chi connectivity index (χ4v) is 2.29. The van der Waals surface area contributed by atoms with E-state index in [0.717, 1.165) is 24.2 Å². The SMILES string of the molecule is CC1CN(Cc2ccnc(NN)c2)CC1C. The second-order valence-corrected chi connectivity index (χ2v) is 4.84. The summed E-state index contributed by atoms with van der Waals surface area (Å²) in [6.45, 7) is 8.02. The molecule has 1 aromatic rings. The van der Waals surface area contributed by atoms with Crippen LogP contribution in [-0.4, -0.2) is 23.0 Å². The summed E-state index contributed by atoms with van der Waals surface area (Å²) in [6, 6.07) is 4.06. The fourth-order valence-electron chi connectivity index (χ4n) is 2.29. The van der Waals surface area contributed by atoms with Gasteiger partial charge in [0.05, 0.1) is 0 Å². The molecule has 0 bridgehead atoms. The summed E-state index contributed by atoms with van der Waals surface area (Å²) in [6.07, 6.45) is 1.80. The number of anilines is 1. The van der Waals surface area contributed by atoms with Crippen molar-refractivity contribution in [2.75, 3.05) is 18.5 Å². The number of nitrogens with one attached hydrogen (secondary N) is 1. The number of pyridine rings is 1. The molecular weight excluding hydrogens is 200 g/mol. The predicted octanol–water partition coefficient (Wildman–Crippen LogP) is 1.46. The van der Waals surface area contributed by atoms with Crippen molar-refractivity contribution < 1.29 is 0 Å². The van der Waals surface area contributed by atoms with E-state index >= 15 is 0 Å². The minimum atomic E-state index is 0.734. The molecule has 0 saturated carbocycles. The number of nitrogens with two attached hydrogens (primary N) is 1. The van der Waals surface area contributed by atoms with Crippen LogP contribution in [0.5, 0.6) is 0 Å². The largest absolute Gasteiger partial charge is 0.308 e. The fraction of sp³-hybridized carbons (Fsp3) is 0.583. The minimum absolute atomic E-state index is 0.734. The lowest BCUT2D eigenvalue weighted by Crippen LogP contribution is -2.20. The van der Waals surface area contributed by atoms with Crippen molar-refractivity contribution >= 4 is 5.82 Å². The zero-order chi connectivity index (χ0) is 11.5. The third-order valence-electron chi connectivity index (χ3n) is 3.44. The van der Waals surface area contributed by atoms with Crippen LogP contribution in [-0.2, 0) is 6.54 Å². The lowest BCUT2D eigenvalue weighted by atomic mass is 10.0. The van der Waals surface area contributed by atoms with Gasteiger partial charge in [0.25, 0.3) is 0 Å². The van der Waals surface area contributed by atoms with E-state index in [0.29, 0.717) is 0 Å². The summed E-state index contributed by atoms with van der Waals surface area (Å²) < 4.78 is 0. The molecule has 0 aromatic carbocycles. The van der Waals surface area contributed by atoms with Crippen LogP contribution in [0.2, 0.25) is 0 Å². The molecule has 2 rings (SSSR count). The number of hydrazine groups is 1. The molecule has 16 heavy (non-hydrogen) atoms. The molecule has 1 aliphatic heterocycles. The monoisotopic (exact) mass is 220 g/mol. The van der Waals surface area contributed by atoms with Gasteiger partial charge in [-0.2, -0.15) is 0 Å².